The highest BCUT2D eigenvalue weighted by Crippen LogP contribution is 2.18. The van der Waals surface area contributed by atoms with E-state index in [1.54, 1.807) is 6.92 Å². The molecular weight excluding hydrogens is 217 g/mol. The zero-order chi connectivity index (χ0) is 11.4. The summed E-state index contributed by atoms with van der Waals surface area (Å²) >= 11 is 5.59. The topological polar surface area (TPSA) is 43.1 Å². The summed E-state index contributed by atoms with van der Waals surface area (Å²) in [7, 11) is 0. The van der Waals surface area contributed by atoms with Gasteiger partial charge < -0.3 is 5.73 Å². The number of ketones is 1. The molecule has 0 saturated carbocycles. The molecule has 1 unspecified atom stereocenters. The number of hydrogen-bond acceptors (Lipinski definition) is 2. The van der Waals surface area contributed by atoms with Crippen molar-refractivity contribution in [2.75, 3.05) is 6.54 Å². The van der Waals surface area contributed by atoms with Crippen molar-refractivity contribution in [1.82, 2.24) is 0 Å². The van der Waals surface area contributed by atoms with E-state index in [0.717, 1.165) is 6.07 Å². The molecule has 0 amide bonds. The lowest BCUT2D eigenvalue weighted by Gasteiger charge is -2.09. The van der Waals surface area contributed by atoms with Gasteiger partial charge in [0.15, 0.2) is 5.78 Å². The van der Waals surface area contributed by atoms with Crippen LogP contribution in [0.1, 0.15) is 23.7 Å². The Balaban J connectivity index is 2.91. The Morgan fingerprint density at radius 1 is 1.60 bits per heavy atom. The molecule has 1 rings (SSSR count). The molecule has 2 N–H and O–H groups in total. The van der Waals surface area contributed by atoms with Crippen molar-refractivity contribution in [3.05, 3.63) is 34.6 Å². The first-order valence-corrected chi connectivity index (χ1v) is 5.13. The number of halogens is 2. The maximum absolute atomic E-state index is 13.4. The fraction of sp³-hybridized carbons (Fsp3) is 0.364. The summed E-state index contributed by atoms with van der Waals surface area (Å²) < 4.78 is 13.4. The molecule has 1 aromatic carbocycles. The van der Waals surface area contributed by atoms with Gasteiger partial charge in [0.25, 0.3) is 0 Å². The summed E-state index contributed by atoms with van der Waals surface area (Å²) in [6.45, 7) is 2.16. The van der Waals surface area contributed by atoms with Crippen molar-refractivity contribution in [2.45, 2.75) is 13.3 Å². The average Bonchev–Trinajstić information content (AvgIpc) is 2.17. The smallest absolute Gasteiger partial charge is 0.168 e. The minimum atomic E-state index is -0.573. The Bertz CT molecular complexity index is 368. The second-order valence-electron chi connectivity index (χ2n) is 3.47. The number of benzene rings is 1. The molecule has 0 radical (unpaired) electrons. The Kier molecular flexibility index (Phi) is 4.24. The van der Waals surface area contributed by atoms with Crippen LogP contribution in [-0.4, -0.2) is 12.3 Å². The number of carbonyl (C=O) groups is 1. The van der Waals surface area contributed by atoms with Gasteiger partial charge in [-0.1, -0.05) is 18.5 Å². The Morgan fingerprint density at radius 2 is 2.27 bits per heavy atom. The van der Waals surface area contributed by atoms with E-state index in [1.807, 2.05) is 0 Å². The zero-order valence-electron chi connectivity index (χ0n) is 8.47. The highest BCUT2D eigenvalue weighted by atomic mass is 35.5. The van der Waals surface area contributed by atoms with Crippen molar-refractivity contribution in [3.8, 4) is 0 Å². The van der Waals surface area contributed by atoms with E-state index in [1.165, 1.54) is 12.1 Å². The SMILES string of the molecule is CC(CCN)C(=O)c1ccc(Cl)cc1F. The lowest BCUT2D eigenvalue weighted by Crippen LogP contribution is -2.16. The third-order valence-electron chi connectivity index (χ3n) is 2.24. The summed E-state index contributed by atoms with van der Waals surface area (Å²) in [5.41, 5.74) is 5.42. The van der Waals surface area contributed by atoms with Crippen LogP contribution >= 0.6 is 11.6 Å². The number of nitrogens with two attached hydrogens (primary N) is 1. The molecule has 15 heavy (non-hydrogen) atoms. The van der Waals surface area contributed by atoms with Crippen LogP contribution in [-0.2, 0) is 0 Å². The third kappa shape index (κ3) is 3.01. The van der Waals surface area contributed by atoms with Gasteiger partial charge in [0, 0.05) is 10.9 Å². The van der Waals surface area contributed by atoms with Crippen molar-refractivity contribution < 1.29 is 9.18 Å². The molecular formula is C11H13ClFNO. The lowest BCUT2D eigenvalue weighted by atomic mass is 9.96. The molecule has 0 fully saturated rings. The van der Waals surface area contributed by atoms with Crippen LogP contribution < -0.4 is 5.73 Å². The molecule has 2 nitrogen and oxygen atoms in total. The minimum absolute atomic E-state index is 0.0837. The molecule has 0 spiro atoms. The number of Topliss-reactive ketones (excluding diaryl/α,β-unsaturated/α-hetero) is 1. The van der Waals surface area contributed by atoms with Gasteiger partial charge in [-0.15, -0.1) is 0 Å². The normalized spacial score (nSPS) is 12.5. The Hall–Kier alpha value is -0.930. The number of hydrogen-bond donors (Lipinski definition) is 1. The largest absolute Gasteiger partial charge is 0.330 e. The number of rotatable bonds is 4. The summed E-state index contributed by atoms with van der Waals surface area (Å²) in [5, 5.41) is 0.288. The second kappa shape index (κ2) is 5.24. The van der Waals surface area contributed by atoms with Crippen LogP contribution in [0.25, 0.3) is 0 Å². The van der Waals surface area contributed by atoms with Crippen LogP contribution in [0.15, 0.2) is 18.2 Å². The fourth-order valence-electron chi connectivity index (χ4n) is 1.34. The monoisotopic (exact) mass is 229 g/mol. The average molecular weight is 230 g/mol. The fourth-order valence-corrected chi connectivity index (χ4v) is 1.49. The summed E-state index contributed by atoms with van der Waals surface area (Å²) in [6, 6.07) is 4.06. The first kappa shape index (κ1) is 12.1. The van der Waals surface area contributed by atoms with Crippen molar-refractivity contribution in [1.29, 1.82) is 0 Å². The Labute approximate surface area is 93.2 Å². The molecule has 0 saturated heterocycles. The molecule has 0 aliphatic heterocycles. The molecule has 82 valence electrons. The predicted octanol–water partition coefficient (Wildman–Crippen LogP) is 2.65. The van der Waals surface area contributed by atoms with Crippen LogP contribution in [0.4, 0.5) is 4.39 Å². The van der Waals surface area contributed by atoms with E-state index in [4.69, 9.17) is 17.3 Å². The first-order valence-electron chi connectivity index (χ1n) is 4.75. The van der Waals surface area contributed by atoms with E-state index in [2.05, 4.69) is 0 Å². The van der Waals surface area contributed by atoms with Gasteiger partial charge in [-0.2, -0.15) is 0 Å². The maximum Gasteiger partial charge on any atom is 0.168 e. The van der Waals surface area contributed by atoms with Gasteiger partial charge in [0.2, 0.25) is 0 Å². The predicted molar refractivity (Wildman–Crippen MR) is 58.6 cm³/mol. The summed E-state index contributed by atoms with van der Waals surface area (Å²) in [4.78, 5) is 11.7. The third-order valence-corrected chi connectivity index (χ3v) is 2.48. The Morgan fingerprint density at radius 3 is 2.80 bits per heavy atom. The van der Waals surface area contributed by atoms with Gasteiger partial charge in [0.05, 0.1) is 5.56 Å². The van der Waals surface area contributed by atoms with E-state index in [-0.39, 0.29) is 22.3 Å². The first-order chi connectivity index (χ1) is 7.06. The van der Waals surface area contributed by atoms with E-state index >= 15 is 0 Å². The van der Waals surface area contributed by atoms with Crippen LogP contribution in [0.5, 0.6) is 0 Å². The van der Waals surface area contributed by atoms with Gasteiger partial charge in [-0.3, -0.25) is 4.79 Å². The van der Waals surface area contributed by atoms with Crippen LogP contribution in [0.2, 0.25) is 5.02 Å². The summed E-state index contributed by atoms with van der Waals surface area (Å²) in [5.74, 6) is -1.06. The van der Waals surface area contributed by atoms with Crippen molar-refractivity contribution >= 4 is 17.4 Å². The molecule has 0 aromatic heterocycles. The second-order valence-corrected chi connectivity index (χ2v) is 3.90. The quantitative estimate of drug-likeness (QED) is 0.807. The molecule has 0 aliphatic carbocycles. The molecule has 1 aromatic rings. The maximum atomic E-state index is 13.4. The van der Waals surface area contributed by atoms with Crippen LogP contribution in [0, 0.1) is 11.7 Å². The highest BCUT2D eigenvalue weighted by Gasteiger charge is 2.17. The zero-order valence-corrected chi connectivity index (χ0v) is 9.22. The molecule has 4 heteroatoms. The van der Waals surface area contributed by atoms with E-state index in [0.29, 0.717) is 13.0 Å². The van der Waals surface area contributed by atoms with Gasteiger partial charge >= 0.3 is 0 Å². The van der Waals surface area contributed by atoms with Crippen LogP contribution in [0.3, 0.4) is 0 Å². The van der Waals surface area contributed by atoms with Gasteiger partial charge in [-0.05, 0) is 31.2 Å². The highest BCUT2D eigenvalue weighted by molar-refractivity contribution is 6.30. The summed E-state index contributed by atoms with van der Waals surface area (Å²) in [6.07, 6.45) is 0.556. The molecule has 0 heterocycles. The van der Waals surface area contributed by atoms with Crippen molar-refractivity contribution in [3.63, 3.8) is 0 Å². The van der Waals surface area contributed by atoms with Gasteiger partial charge in [-0.25, -0.2) is 4.39 Å². The minimum Gasteiger partial charge on any atom is -0.330 e. The molecule has 0 aliphatic rings. The van der Waals surface area contributed by atoms with E-state index < -0.39 is 5.82 Å². The van der Waals surface area contributed by atoms with Crippen molar-refractivity contribution in [2.24, 2.45) is 11.7 Å². The standard InChI is InChI=1S/C11H13ClFNO/c1-7(4-5-14)11(15)9-3-2-8(12)6-10(9)13/h2-3,6-7H,4-5,14H2,1H3. The number of carbonyl (C=O) groups excluding carboxylic acids is 1. The van der Waals surface area contributed by atoms with Gasteiger partial charge in [0.1, 0.15) is 5.82 Å². The molecule has 0 bridgehead atoms. The molecule has 1 atom stereocenters. The van der Waals surface area contributed by atoms with E-state index in [9.17, 15) is 9.18 Å². The lowest BCUT2D eigenvalue weighted by molar-refractivity contribution is 0.0921.